The van der Waals surface area contributed by atoms with E-state index >= 15 is 0 Å². The number of nitrogens with zero attached hydrogens (tertiary/aromatic N) is 1. The molecule has 0 aliphatic heterocycles. The predicted octanol–water partition coefficient (Wildman–Crippen LogP) is -3.83. The molecule has 0 fully saturated rings. The Balaban J connectivity index is 2.34. The van der Waals surface area contributed by atoms with Crippen LogP contribution in [0.1, 0.15) is 76.8 Å². The first-order chi connectivity index (χ1) is 36.2. The van der Waals surface area contributed by atoms with Crippen LogP contribution in [-0.2, 0) is 65.6 Å². The summed E-state index contributed by atoms with van der Waals surface area (Å²) in [5, 5.41) is 58.6. The molecule has 0 aliphatic rings. The van der Waals surface area contributed by atoms with E-state index in [9.17, 15) is 73.2 Å². The molecule has 0 saturated carbocycles. The number of thioether (sulfide) groups is 1. The van der Waals surface area contributed by atoms with Gasteiger partial charge < -0.3 is 85.9 Å². The summed E-state index contributed by atoms with van der Waals surface area (Å²) in [6, 6.07) is -1.74. The molecule has 0 aromatic heterocycles. The minimum absolute atomic E-state index is 0.0425. The molecule has 0 aliphatic carbocycles. The van der Waals surface area contributed by atoms with Gasteiger partial charge in [0.2, 0.25) is 53.2 Å². The van der Waals surface area contributed by atoms with Crippen LogP contribution in [-0.4, -0.2) is 164 Å². The lowest BCUT2D eigenvalue weighted by molar-refractivity contribution is -0.142. The lowest BCUT2D eigenvalue weighted by Gasteiger charge is -2.27. The van der Waals surface area contributed by atoms with Gasteiger partial charge in [0.05, 0.1) is 6.04 Å². The molecule has 0 spiro atoms. The number of aromatic hydroxyl groups is 2. The van der Waals surface area contributed by atoms with Crippen LogP contribution in [0.25, 0.3) is 0 Å². The number of carboxylic acids is 2. The smallest absolute Gasteiger partial charge is 0.326 e. The number of phenolic OH excluding ortho intramolecular Hbond substituents is 2. The lowest BCUT2D eigenvalue weighted by Crippen LogP contribution is -2.60. The van der Waals surface area contributed by atoms with Gasteiger partial charge in [-0.25, -0.2) is 4.79 Å². The second-order valence-electron chi connectivity index (χ2n) is 17.9. The minimum atomic E-state index is -1.69. The number of guanidine groups is 1. The van der Waals surface area contributed by atoms with Crippen molar-refractivity contribution in [2.45, 2.75) is 133 Å². The molecule has 28 nitrogen and oxygen atoms in total. The molecular formula is C48H71N13O15S. The summed E-state index contributed by atoms with van der Waals surface area (Å²) in [5.74, 6) is -11.0. The number of primary amides is 1. The number of rotatable bonds is 34. The number of nitrogens with two attached hydrogens (primary N) is 4. The SMILES string of the molecule is CSCC[C@H](N)C(=O)N[C@@H](C)C(=O)N[C@@H](CCC(N)=O)C(=O)N[C@@H](C)C(=O)N[C@@H](C)C(=O)N[C@@H](CCC(=O)O)C(=O)N[C@@H](Cc1ccc(O)cc1)C(=O)N[C@@H](Cc1ccc(O)cc1)C(=O)N[C@@H](CCCN=C(N)N)C(=O)O. The third-order valence-corrected chi connectivity index (χ3v) is 12.0. The van der Waals surface area contributed by atoms with Gasteiger partial charge in [0, 0.05) is 32.2 Å². The van der Waals surface area contributed by atoms with Gasteiger partial charge in [-0.05, 0) is 100 Å². The first kappa shape index (κ1) is 64.9. The van der Waals surface area contributed by atoms with E-state index in [1.807, 2.05) is 6.26 Å². The van der Waals surface area contributed by atoms with Crippen LogP contribution in [0, 0.1) is 0 Å². The Hall–Kier alpha value is -8.21. The average Bonchev–Trinajstić information content (AvgIpc) is 3.36. The number of aliphatic carboxylic acids is 2. The normalized spacial score (nSPS) is 14.4. The topological polar surface area (TPSA) is 481 Å². The molecule has 20 N–H and O–H groups in total. The zero-order chi connectivity index (χ0) is 57.9. The first-order valence-corrected chi connectivity index (χ1v) is 25.6. The fourth-order valence-electron chi connectivity index (χ4n) is 6.96. The Kier molecular flexibility index (Phi) is 27.8. The van der Waals surface area contributed by atoms with Gasteiger partial charge in [-0.3, -0.25) is 52.9 Å². The monoisotopic (exact) mass is 1100 g/mol. The lowest BCUT2D eigenvalue weighted by atomic mass is 10.0. The van der Waals surface area contributed by atoms with Crippen LogP contribution in [0.3, 0.4) is 0 Å². The Morgan fingerprint density at radius 3 is 1.30 bits per heavy atom. The molecule has 9 amide bonds. The number of carboxylic acid groups (broad SMARTS) is 2. The number of hydrogen-bond acceptors (Lipinski definition) is 16. The van der Waals surface area contributed by atoms with E-state index < -0.39 is 132 Å². The van der Waals surface area contributed by atoms with Crippen molar-refractivity contribution in [1.29, 1.82) is 0 Å². The largest absolute Gasteiger partial charge is 0.508 e. The highest BCUT2D eigenvalue weighted by Gasteiger charge is 2.34. The van der Waals surface area contributed by atoms with E-state index in [1.54, 1.807) is 0 Å². The number of carbonyl (C=O) groups is 11. The Morgan fingerprint density at radius 2 is 0.883 bits per heavy atom. The Morgan fingerprint density at radius 1 is 0.506 bits per heavy atom. The van der Waals surface area contributed by atoms with Crippen LogP contribution in [0.2, 0.25) is 0 Å². The number of phenols is 2. The maximum Gasteiger partial charge on any atom is 0.326 e. The Labute approximate surface area is 447 Å². The number of hydrogen-bond donors (Lipinski definition) is 16. The van der Waals surface area contributed by atoms with E-state index in [0.29, 0.717) is 23.3 Å². The molecule has 2 aromatic carbocycles. The summed E-state index contributed by atoms with van der Waals surface area (Å²) in [6.07, 6.45) is -0.325. The van der Waals surface area contributed by atoms with Crippen LogP contribution >= 0.6 is 11.8 Å². The van der Waals surface area contributed by atoms with Gasteiger partial charge in [0.15, 0.2) is 5.96 Å². The fraction of sp³-hybridized carbons (Fsp3) is 0.500. The molecule has 0 unspecified atom stereocenters. The highest BCUT2D eigenvalue weighted by molar-refractivity contribution is 7.98. The maximum atomic E-state index is 14.3. The average molecular weight is 1100 g/mol. The number of benzene rings is 2. The second kappa shape index (κ2) is 33.0. The van der Waals surface area contributed by atoms with Crippen molar-refractivity contribution >= 4 is 82.8 Å². The summed E-state index contributed by atoms with van der Waals surface area (Å²) in [4.78, 5) is 147. The molecule has 2 rings (SSSR count). The standard InChI is InChI=1S/C48H71N13O15S/c1-24(56-43(71)32(15-17-37(50)64)57-41(69)26(3)55-42(70)31(49)19-21-77-4)39(67)54-25(2)40(68)58-33(16-18-38(65)66)44(72)60-36(23-28-9-13-30(63)14-10-28)46(74)61-35(22-27-7-11-29(62)12-8-27)45(73)59-34(47(75)76)6-5-20-53-48(51)52/h7-14,24-26,31-36,62-63H,5-6,15-23,49H2,1-4H3,(H2,50,64)(H,54,67)(H,55,70)(H,56,71)(H,57,69)(H,58,68)(H,59,73)(H,60,72)(H,61,74)(H,65,66)(H,75,76)(H4,51,52,53)/t24-,25-,26-,31-,32-,33-,34-,35-,36-/m0/s1. The summed E-state index contributed by atoms with van der Waals surface area (Å²) < 4.78 is 0. The molecule has 2 aromatic rings. The first-order valence-electron chi connectivity index (χ1n) is 24.2. The summed E-state index contributed by atoms with van der Waals surface area (Å²) >= 11 is 1.47. The van der Waals surface area contributed by atoms with Gasteiger partial charge >= 0.3 is 11.9 Å². The van der Waals surface area contributed by atoms with E-state index in [2.05, 4.69) is 47.5 Å². The van der Waals surface area contributed by atoms with E-state index in [1.165, 1.54) is 81.1 Å². The third kappa shape index (κ3) is 24.8. The molecule has 9 atom stereocenters. The quantitative estimate of drug-likeness (QED) is 0.0181. The van der Waals surface area contributed by atoms with Gasteiger partial charge in [0.25, 0.3) is 0 Å². The van der Waals surface area contributed by atoms with E-state index in [4.69, 9.17) is 22.9 Å². The van der Waals surface area contributed by atoms with Crippen molar-refractivity contribution in [1.82, 2.24) is 42.5 Å². The van der Waals surface area contributed by atoms with Crippen molar-refractivity contribution in [2.75, 3.05) is 18.6 Å². The summed E-state index contributed by atoms with van der Waals surface area (Å²) in [6.45, 7) is 3.81. The van der Waals surface area contributed by atoms with Crippen LogP contribution in [0.5, 0.6) is 11.5 Å². The molecule has 0 heterocycles. The van der Waals surface area contributed by atoms with Crippen molar-refractivity contribution in [3.05, 3.63) is 59.7 Å². The van der Waals surface area contributed by atoms with Gasteiger partial charge in [-0.15, -0.1) is 0 Å². The van der Waals surface area contributed by atoms with Gasteiger partial charge in [-0.1, -0.05) is 24.3 Å². The molecule has 0 radical (unpaired) electrons. The van der Waals surface area contributed by atoms with Crippen LogP contribution < -0.4 is 65.5 Å². The van der Waals surface area contributed by atoms with Gasteiger partial charge in [-0.2, -0.15) is 11.8 Å². The molecule has 77 heavy (non-hydrogen) atoms. The number of aliphatic imine (C=N–C) groups is 1. The highest BCUT2D eigenvalue weighted by Crippen LogP contribution is 2.15. The fourth-order valence-corrected chi connectivity index (χ4v) is 7.45. The molecular weight excluding hydrogens is 1030 g/mol. The second-order valence-corrected chi connectivity index (χ2v) is 18.8. The van der Waals surface area contributed by atoms with Crippen LogP contribution in [0.4, 0.5) is 0 Å². The third-order valence-electron chi connectivity index (χ3n) is 11.4. The molecule has 0 saturated heterocycles. The summed E-state index contributed by atoms with van der Waals surface area (Å²) in [7, 11) is 0. The zero-order valence-electron chi connectivity index (χ0n) is 43.0. The Bertz CT molecular complexity index is 2410. The zero-order valence-corrected chi connectivity index (χ0v) is 43.9. The number of nitrogens with one attached hydrogen (secondary N) is 8. The summed E-state index contributed by atoms with van der Waals surface area (Å²) in [5.41, 5.74) is 22.6. The highest BCUT2D eigenvalue weighted by atomic mass is 32.2. The van der Waals surface area contributed by atoms with Gasteiger partial charge in [0.1, 0.15) is 59.8 Å². The molecule has 0 bridgehead atoms. The maximum absolute atomic E-state index is 14.3. The molecule has 29 heteroatoms. The van der Waals surface area contributed by atoms with E-state index in [-0.39, 0.29) is 62.5 Å². The number of amides is 9. The van der Waals surface area contributed by atoms with E-state index in [0.717, 1.165) is 0 Å². The van der Waals surface area contributed by atoms with Crippen molar-refractivity contribution < 1.29 is 73.2 Å². The minimum Gasteiger partial charge on any atom is -0.508 e. The number of carbonyl (C=O) groups excluding carboxylic acids is 9. The molecule has 424 valence electrons. The van der Waals surface area contributed by atoms with Crippen molar-refractivity contribution in [3.8, 4) is 11.5 Å². The van der Waals surface area contributed by atoms with Crippen molar-refractivity contribution in [2.24, 2.45) is 27.9 Å². The van der Waals surface area contributed by atoms with Crippen molar-refractivity contribution in [3.63, 3.8) is 0 Å². The predicted molar refractivity (Wildman–Crippen MR) is 280 cm³/mol. The van der Waals surface area contributed by atoms with Crippen LogP contribution in [0.15, 0.2) is 53.5 Å².